The fourth-order valence-electron chi connectivity index (χ4n) is 4.15. The summed E-state index contributed by atoms with van der Waals surface area (Å²) >= 11 is 0. The van der Waals surface area contributed by atoms with E-state index < -0.39 is 0 Å². The molecule has 0 bridgehead atoms. The van der Waals surface area contributed by atoms with Crippen LogP contribution >= 0.6 is 0 Å². The molecular weight excluding hydrogens is 286 g/mol. The number of nitrogens with zero attached hydrogens (tertiary/aromatic N) is 2. The first kappa shape index (κ1) is 15.2. The van der Waals surface area contributed by atoms with Gasteiger partial charge in [-0.15, -0.1) is 0 Å². The number of amides is 1. The molecule has 1 aliphatic carbocycles. The molecule has 1 amide bonds. The van der Waals surface area contributed by atoms with Crippen molar-refractivity contribution in [2.24, 2.45) is 5.92 Å². The Labute approximate surface area is 138 Å². The lowest BCUT2D eigenvalue weighted by molar-refractivity contribution is -0.121. The van der Waals surface area contributed by atoms with Gasteiger partial charge in [0.25, 0.3) is 0 Å². The molecule has 3 aliphatic rings. The van der Waals surface area contributed by atoms with E-state index in [4.69, 9.17) is 0 Å². The fourth-order valence-corrected chi connectivity index (χ4v) is 4.15. The van der Waals surface area contributed by atoms with Gasteiger partial charge >= 0.3 is 0 Å². The second-order valence-electron chi connectivity index (χ2n) is 7.26. The third-order valence-corrected chi connectivity index (χ3v) is 5.62. The van der Waals surface area contributed by atoms with Crippen LogP contribution in [0, 0.1) is 5.92 Å². The summed E-state index contributed by atoms with van der Waals surface area (Å²) in [6, 6.07) is 6.44. The smallest absolute Gasteiger partial charge is 0.242 e. The normalized spacial score (nSPS) is 23.0. The third kappa shape index (κ3) is 3.02. The Bertz CT molecular complexity index is 590. The minimum absolute atomic E-state index is 0.0945. The number of benzene rings is 1. The van der Waals surface area contributed by atoms with E-state index in [2.05, 4.69) is 40.2 Å². The molecule has 1 saturated carbocycles. The largest absolute Gasteiger partial charge is 0.324 e. The van der Waals surface area contributed by atoms with Crippen LogP contribution in [0.5, 0.6) is 0 Å². The zero-order chi connectivity index (χ0) is 15.8. The molecule has 1 aromatic carbocycles. The Morgan fingerprint density at radius 2 is 2.04 bits per heavy atom. The SMILES string of the molecule is CCN1Cc2cccc(NC(=O)[C@@H](C3CC3)N3CCCC3)c2C1. The van der Waals surface area contributed by atoms with Gasteiger partial charge in [0.05, 0.1) is 6.04 Å². The van der Waals surface area contributed by atoms with Crippen molar-refractivity contribution in [3.8, 4) is 0 Å². The van der Waals surface area contributed by atoms with E-state index in [1.165, 1.54) is 36.8 Å². The summed E-state index contributed by atoms with van der Waals surface area (Å²) in [4.78, 5) is 17.8. The van der Waals surface area contributed by atoms with Crippen molar-refractivity contribution in [1.82, 2.24) is 9.80 Å². The van der Waals surface area contributed by atoms with Crippen molar-refractivity contribution in [2.75, 3.05) is 25.0 Å². The third-order valence-electron chi connectivity index (χ3n) is 5.62. The molecule has 4 nitrogen and oxygen atoms in total. The number of carbonyl (C=O) groups excluding carboxylic acids is 1. The Balaban J connectivity index is 1.51. The molecule has 4 rings (SSSR count). The van der Waals surface area contributed by atoms with Crippen molar-refractivity contribution in [3.05, 3.63) is 29.3 Å². The highest BCUT2D eigenvalue weighted by Gasteiger charge is 2.41. The van der Waals surface area contributed by atoms with Crippen LogP contribution in [-0.4, -0.2) is 41.4 Å². The van der Waals surface area contributed by atoms with Crippen LogP contribution in [0.3, 0.4) is 0 Å². The van der Waals surface area contributed by atoms with Gasteiger partial charge in [-0.3, -0.25) is 14.6 Å². The van der Waals surface area contributed by atoms with E-state index in [1.807, 2.05) is 0 Å². The summed E-state index contributed by atoms with van der Waals surface area (Å²) in [5, 5.41) is 3.28. The first-order chi connectivity index (χ1) is 11.3. The monoisotopic (exact) mass is 313 g/mol. The van der Waals surface area contributed by atoms with Gasteiger partial charge < -0.3 is 5.32 Å². The summed E-state index contributed by atoms with van der Waals surface area (Å²) in [6.07, 6.45) is 4.90. The van der Waals surface area contributed by atoms with Crippen LogP contribution < -0.4 is 5.32 Å². The lowest BCUT2D eigenvalue weighted by atomic mass is 10.1. The van der Waals surface area contributed by atoms with E-state index in [1.54, 1.807) is 0 Å². The van der Waals surface area contributed by atoms with Crippen LogP contribution in [-0.2, 0) is 17.9 Å². The standard InChI is InChI=1S/C19H27N3O/c1-2-21-12-15-6-5-7-17(16(15)13-21)20-19(23)18(14-8-9-14)22-10-3-4-11-22/h5-7,14,18H,2-4,8-13H2,1H3,(H,20,23)/t18-/m1/s1. The van der Waals surface area contributed by atoms with E-state index in [-0.39, 0.29) is 11.9 Å². The van der Waals surface area contributed by atoms with Crippen molar-refractivity contribution >= 4 is 11.6 Å². The van der Waals surface area contributed by atoms with Crippen molar-refractivity contribution in [3.63, 3.8) is 0 Å². The molecule has 4 heteroatoms. The van der Waals surface area contributed by atoms with E-state index >= 15 is 0 Å². The van der Waals surface area contributed by atoms with Crippen LogP contribution in [0.25, 0.3) is 0 Å². The molecule has 2 aliphatic heterocycles. The van der Waals surface area contributed by atoms with Gasteiger partial charge in [0.1, 0.15) is 0 Å². The summed E-state index contributed by atoms with van der Waals surface area (Å²) in [5.74, 6) is 0.801. The highest BCUT2D eigenvalue weighted by molar-refractivity contribution is 5.96. The quantitative estimate of drug-likeness (QED) is 0.908. The molecule has 124 valence electrons. The molecule has 1 saturated heterocycles. The number of likely N-dealkylation sites (tertiary alicyclic amines) is 1. The summed E-state index contributed by atoms with van der Waals surface area (Å²) in [6.45, 7) is 7.39. The lowest BCUT2D eigenvalue weighted by Gasteiger charge is -2.26. The Hall–Kier alpha value is -1.39. The minimum Gasteiger partial charge on any atom is -0.324 e. The second-order valence-corrected chi connectivity index (χ2v) is 7.26. The van der Waals surface area contributed by atoms with Crippen molar-refractivity contribution in [2.45, 2.75) is 51.7 Å². The maximum Gasteiger partial charge on any atom is 0.242 e. The molecule has 1 N–H and O–H groups in total. The second kappa shape index (κ2) is 6.25. The van der Waals surface area contributed by atoms with Gasteiger partial charge in [0.15, 0.2) is 0 Å². The Morgan fingerprint density at radius 3 is 2.74 bits per heavy atom. The minimum atomic E-state index is 0.0945. The van der Waals surface area contributed by atoms with Crippen LogP contribution in [0.15, 0.2) is 18.2 Å². The first-order valence-corrected chi connectivity index (χ1v) is 9.14. The van der Waals surface area contributed by atoms with E-state index in [9.17, 15) is 4.79 Å². The van der Waals surface area contributed by atoms with Crippen molar-refractivity contribution < 1.29 is 4.79 Å². The summed E-state index contributed by atoms with van der Waals surface area (Å²) < 4.78 is 0. The molecule has 0 radical (unpaired) electrons. The van der Waals surface area contributed by atoms with Gasteiger partial charge in [-0.1, -0.05) is 19.1 Å². The molecule has 1 atom stereocenters. The zero-order valence-corrected chi connectivity index (χ0v) is 14.1. The van der Waals surface area contributed by atoms with Gasteiger partial charge in [-0.05, 0) is 68.4 Å². The van der Waals surface area contributed by atoms with Crippen LogP contribution in [0.1, 0.15) is 43.7 Å². The van der Waals surface area contributed by atoms with Crippen LogP contribution in [0.4, 0.5) is 5.69 Å². The fraction of sp³-hybridized carbons (Fsp3) is 0.632. The number of nitrogens with one attached hydrogen (secondary N) is 1. The maximum absolute atomic E-state index is 13.0. The number of hydrogen-bond donors (Lipinski definition) is 1. The molecule has 0 unspecified atom stereocenters. The predicted octanol–water partition coefficient (Wildman–Crippen LogP) is 2.84. The molecule has 0 spiro atoms. The van der Waals surface area contributed by atoms with Crippen molar-refractivity contribution in [1.29, 1.82) is 0 Å². The Kier molecular flexibility index (Phi) is 4.12. The number of fused-ring (bicyclic) bond motifs is 1. The zero-order valence-electron chi connectivity index (χ0n) is 14.1. The van der Waals surface area contributed by atoms with E-state index in [0.29, 0.717) is 5.92 Å². The number of hydrogen-bond acceptors (Lipinski definition) is 3. The lowest BCUT2D eigenvalue weighted by Crippen LogP contribution is -2.44. The molecule has 0 aromatic heterocycles. The summed E-state index contributed by atoms with van der Waals surface area (Å²) in [7, 11) is 0. The molecule has 23 heavy (non-hydrogen) atoms. The average molecular weight is 313 g/mol. The molecular formula is C19H27N3O. The average Bonchev–Trinajstić information content (AvgIpc) is 3.07. The number of carbonyl (C=O) groups is 1. The predicted molar refractivity (Wildman–Crippen MR) is 92.2 cm³/mol. The molecule has 2 fully saturated rings. The number of anilines is 1. The van der Waals surface area contributed by atoms with E-state index in [0.717, 1.165) is 38.4 Å². The summed E-state index contributed by atoms with van der Waals surface area (Å²) in [5.41, 5.74) is 3.72. The topological polar surface area (TPSA) is 35.6 Å². The number of rotatable bonds is 5. The highest BCUT2D eigenvalue weighted by Crippen LogP contribution is 2.37. The van der Waals surface area contributed by atoms with Gasteiger partial charge in [-0.2, -0.15) is 0 Å². The highest BCUT2D eigenvalue weighted by atomic mass is 16.2. The molecule has 2 heterocycles. The van der Waals surface area contributed by atoms with Gasteiger partial charge in [0.2, 0.25) is 5.91 Å². The van der Waals surface area contributed by atoms with Gasteiger partial charge in [0, 0.05) is 18.8 Å². The maximum atomic E-state index is 13.0. The van der Waals surface area contributed by atoms with Gasteiger partial charge in [-0.25, -0.2) is 0 Å². The molecule has 1 aromatic rings. The van der Waals surface area contributed by atoms with Crippen LogP contribution in [0.2, 0.25) is 0 Å². The Morgan fingerprint density at radius 1 is 1.26 bits per heavy atom. The first-order valence-electron chi connectivity index (χ1n) is 9.14.